The maximum Gasteiger partial charge on any atom is 0.219 e. The summed E-state index contributed by atoms with van der Waals surface area (Å²) in [5.74, 6) is 0.478. The van der Waals surface area contributed by atoms with Crippen molar-refractivity contribution in [3.05, 3.63) is 35.9 Å². The van der Waals surface area contributed by atoms with Crippen LogP contribution < -0.4 is 5.32 Å². The molecular formula is C14H19NO2S. The van der Waals surface area contributed by atoms with E-state index in [1.807, 2.05) is 37.4 Å². The van der Waals surface area contributed by atoms with Crippen molar-refractivity contribution in [1.82, 2.24) is 5.32 Å². The number of rotatable bonds is 4. The van der Waals surface area contributed by atoms with Crippen molar-refractivity contribution in [1.29, 1.82) is 0 Å². The molecule has 98 valence electrons. The van der Waals surface area contributed by atoms with Crippen molar-refractivity contribution < 1.29 is 9.90 Å². The lowest BCUT2D eigenvalue weighted by Gasteiger charge is -2.12. The first-order chi connectivity index (χ1) is 8.70. The van der Waals surface area contributed by atoms with Gasteiger partial charge in [0.05, 0.1) is 6.10 Å². The number of carbonyl (C=O) groups excluding carboxylic acids is 1. The van der Waals surface area contributed by atoms with Crippen molar-refractivity contribution in [2.24, 2.45) is 5.92 Å². The Morgan fingerprint density at radius 2 is 2.11 bits per heavy atom. The van der Waals surface area contributed by atoms with Gasteiger partial charge in [0.2, 0.25) is 5.12 Å². The van der Waals surface area contributed by atoms with Gasteiger partial charge in [0.15, 0.2) is 0 Å². The number of aliphatic hydroxyl groups is 1. The molecule has 2 rings (SSSR count). The van der Waals surface area contributed by atoms with Crippen LogP contribution in [0.1, 0.15) is 23.2 Å². The van der Waals surface area contributed by atoms with Gasteiger partial charge in [-0.3, -0.25) is 4.79 Å². The van der Waals surface area contributed by atoms with E-state index in [2.05, 4.69) is 5.32 Å². The second-order valence-electron chi connectivity index (χ2n) is 4.77. The molecule has 0 unspecified atom stereocenters. The largest absolute Gasteiger partial charge is 0.392 e. The average molecular weight is 265 g/mol. The molecule has 0 amide bonds. The molecule has 1 saturated carbocycles. The second kappa shape index (κ2) is 6.36. The van der Waals surface area contributed by atoms with Crippen LogP contribution in [0.3, 0.4) is 0 Å². The van der Waals surface area contributed by atoms with Crippen LogP contribution in [-0.2, 0) is 0 Å². The molecule has 0 radical (unpaired) electrons. The summed E-state index contributed by atoms with van der Waals surface area (Å²) in [6, 6.07) is 9.27. The molecule has 2 N–H and O–H groups in total. The highest BCUT2D eigenvalue weighted by Crippen LogP contribution is 2.35. The Morgan fingerprint density at radius 1 is 1.39 bits per heavy atom. The molecule has 0 aliphatic heterocycles. The maximum atomic E-state index is 12.0. The number of hydrogen-bond donors (Lipinski definition) is 2. The number of thioether (sulfide) groups is 1. The summed E-state index contributed by atoms with van der Waals surface area (Å²) in [4.78, 5) is 12.0. The Morgan fingerprint density at radius 3 is 2.78 bits per heavy atom. The van der Waals surface area contributed by atoms with E-state index in [0.717, 1.165) is 19.4 Å². The molecule has 0 bridgehead atoms. The third kappa shape index (κ3) is 3.34. The third-order valence-electron chi connectivity index (χ3n) is 3.33. The first kappa shape index (κ1) is 13.6. The zero-order chi connectivity index (χ0) is 13.0. The van der Waals surface area contributed by atoms with E-state index in [0.29, 0.717) is 11.5 Å². The van der Waals surface area contributed by atoms with E-state index in [1.54, 1.807) is 0 Å². The molecule has 1 aromatic carbocycles. The second-order valence-corrected chi connectivity index (χ2v) is 5.98. The minimum absolute atomic E-state index is 0.0380. The molecule has 0 saturated heterocycles. The van der Waals surface area contributed by atoms with Gasteiger partial charge in [-0.2, -0.15) is 0 Å². The molecule has 1 aromatic rings. The monoisotopic (exact) mass is 265 g/mol. The van der Waals surface area contributed by atoms with Gasteiger partial charge in [0.25, 0.3) is 0 Å². The van der Waals surface area contributed by atoms with Gasteiger partial charge in [0.1, 0.15) is 0 Å². The lowest BCUT2D eigenvalue weighted by atomic mass is 10.1. The van der Waals surface area contributed by atoms with E-state index in [1.165, 1.54) is 11.8 Å². The van der Waals surface area contributed by atoms with Gasteiger partial charge >= 0.3 is 0 Å². The number of aliphatic hydroxyl groups excluding tert-OH is 1. The number of hydrogen-bond acceptors (Lipinski definition) is 4. The topological polar surface area (TPSA) is 49.3 Å². The third-order valence-corrected chi connectivity index (χ3v) is 4.59. The predicted octanol–water partition coefficient (Wildman–Crippen LogP) is 1.92. The lowest BCUT2D eigenvalue weighted by Crippen LogP contribution is -2.17. The molecule has 0 spiro atoms. The smallest absolute Gasteiger partial charge is 0.219 e. The highest BCUT2D eigenvalue weighted by molar-refractivity contribution is 8.14. The SMILES string of the molecule is CNC[C@H]1C[C@@H](O)[C@H](SC(=O)c2ccccc2)C1. The van der Waals surface area contributed by atoms with E-state index >= 15 is 0 Å². The van der Waals surface area contributed by atoms with Crippen LogP contribution in [0.5, 0.6) is 0 Å². The first-order valence-corrected chi connectivity index (χ1v) is 7.17. The van der Waals surface area contributed by atoms with Crippen LogP contribution in [0.25, 0.3) is 0 Å². The van der Waals surface area contributed by atoms with E-state index < -0.39 is 0 Å². The van der Waals surface area contributed by atoms with Crippen molar-refractivity contribution in [3.8, 4) is 0 Å². The highest BCUT2D eigenvalue weighted by atomic mass is 32.2. The maximum absolute atomic E-state index is 12.0. The molecule has 1 aliphatic rings. The van der Waals surface area contributed by atoms with Gasteiger partial charge in [-0.1, -0.05) is 42.1 Å². The minimum atomic E-state index is -0.360. The molecule has 4 heteroatoms. The van der Waals surface area contributed by atoms with Gasteiger partial charge in [-0.25, -0.2) is 0 Å². The van der Waals surface area contributed by atoms with Crippen molar-refractivity contribution in [2.75, 3.05) is 13.6 Å². The minimum Gasteiger partial charge on any atom is -0.392 e. The Bertz CT molecular complexity index is 396. The van der Waals surface area contributed by atoms with Gasteiger partial charge < -0.3 is 10.4 Å². The fraction of sp³-hybridized carbons (Fsp3) is 0.500. The standard InChI is InChI=1S/C14H19NO2S/c1-15-9-10-7-12(16)13(8-10)18-14(17)11-5-3-2-4-6-11/h2-6,10,12-13,15-16H,7-9H2,1H3/t10-,12+,13+/m0/s1. The zero-order valence-corrected chi connectivity index (χ0v) is 11.3. The summed E-state index contributed by atoms with van der Waals surface area (Å²) in [6.45, 7) is 0.910. The summed E-state index contributed by atoms with van der Waals surface area (Å²) in [5, 5.41) is 13.2. The molecule has 0 heterocycles. The number of nitrogens with one attached hydrogen (secondary N) is 1. The van der Waals surface area contributed by atoms with Crippen LogP contribution in [0.15, 0.2) is 30.3 Å². The van der Waals surface area contributed by atoms with Gasteiger partial charge in [0, 0.05) is 10.8 Å². The number of carbonyl (C=O) groups is 1. The van der Waals surface area contributed by atoms with Crippen molar-refractivity contribution in [2.45, 2.75) is 24.2 Å². The number of benzene rings is 1. The summed E-state index contributed by atoms with van der Waals surface area (Å²) in [5.41, 5.74) is 0.715. The Kier molecular flexibility index (Phi) is 4.80. The van der Waals surface area contributed by atoms with Crippen molar-refractivity contribution >= 4 is 16.9 Å². The molecule has 3 nitrogen and oxygen atoms in total. The Labute approximate surface area is 112 Å². The van der Waals surface area contributed by atoms with Crippen LogP contribution in [0.4, 0.5) is 0 Å². The summed E-state index contributed by atoms with van der Waals surface area (Å²) < 4.78 is 0. The highest BCUT2D eigenvalue weighted by Gasteiger charge is 2.34. The zero-order valence-electron chi connectivity index (χ0n) is 10.5. The van der Waals surface area contributed by atoms with Crippen LogP contribution >= 0.6 is 11.8 Å². The molecular weight excluding hydrogens is 246 g/mol. The fourth-order valence-corrected chi connectivity index (χ4v) is 3.62. The average Bonchev–Trinajstić information content (AvgIpc) is 2.71. The summed E-state index contributed by atoms with van der Waals surface area (Å²) >= 11 is 1.28. The van der Waals surface area contributed by atoms with Crippen molar-refractivity contribution in [3.63, 3.8) is 0 Å². The van der Waals surface area contributed by atoms with Gasteiger partial charge in [-0.15, -0.1) is 0 Å². The van der Waals surface area contributed by atoms with E-state index in [4.69, 9.17) is 0 Å². The fourth-order valence-electron chi connectivity index (χ4n) is 2.44. The van der Waals surface area contributed by atoms with Crippen LogP contribution in [0.2, 0.25) is 0 Å². The van der Waals surface area contributed by atoms with Gasteiger partial charge in [-0.05, 0) is 32.4 Å². The molecule has 1 aliphatic carbocycles. The summed E-state index contributed by atoms with van der Waals surface area (Å²) in [7, 11) is 1.92. The normalized spacial score (nSPS) is 27.3. The quantitative estimate of drug-likeness (QED) is 0.873. The van der Waals surface area contributed by atoms with E-state index in [9.17, 15) is 9.90 Å². The Balaban J connectivity index is 1.92. The lowest BCUT2D eigenvalue weighted by molar-refractivity contribution is 0.108. The summed E-state index contributed by atoms with van der Waals surface area (Å²) in [6.07, 6.45) is 1.34. The Hall–Kier alpha value is -0.840. The van der Waals surface area contributed by atoms with Crippen LogP contribution in [0, 0.1) is 5.92 Å². The van der Waals surface area contributed by atoms with Crippen LogP contribution in [-0.4, -0.2) is 35.2 Å². The predicted molar refractivity (Wildman–Crippen MR) is 74.8 cm³/mol. The van der Waals surface area contributed by atoms with E-state index in [-0.39, 0.29) is 16.5 Å². The molecule has 1 fully saturated rings. The first-order valence-electron chi connectivity index (χ1n) is 6.29. The molecule has 3 atom stereocenters. The molecule has 18 heavy (non-hydrogen) atoms. The molecule has 0 aromatic heterocycles.